The third kappa shape index (κ3) is 9.86. The van der Waals surface area contributed by atoms with Gasteiger partial charge in [-0.25, -0.2) is 0 Å². The Morgan fingerprint density at radius 2 is 1.48 bits per heavy atom. The first-order valence-electron chi connectivity index (χ1n) is 10.2. The quantitative estimate of drug-likeness (QED) is 0.383. The molecule has 8 heteroatoms. The Bertz CT molecular complexity index is 885. The van der Waals surface area contributed by atoms with Gasteiger partial charge in [-0.2, -0.15) is 0 Å². The summed E-state index contributed by atoms with van der Waals surface area (Å²) in [5.74, 6) is -0.837. The van der Waals surface area contributed by atoms with Crippen molar-refractivity contribution in [2.45, 2.75) is 39.0 Å². The lowest BCUT2D eigenvalue weighted by Crippen LogP contribution is -2.34. The van der Waals surface area contributed by atoms with Gasteiger partial charge >= 0.3 is 5.97 Å². The fourth-order valence-electron chi connectivity index (χ4n) is 2.65. The topological polar surface area (TPSA) is 96.5 Å². The van der Waals surface area contributed by atoms with Gasteiger partial charge in [0.25, 0.3) is 0 Å². The number of benzene rings is 2. The first-order valence-corrected chi connectivity index (χ1v) is 10.6. The molecule has 2 amide bonds. The Kier molecular flexibility index (Phi) is 10.2. The third-order valence-electron chi connectivity index (χ3n) is 4.21. The average Bonchev–Trinajstić information content (AvgIpc) is 2.74. The zero-order chi connectivity index (χ0) is 22.5. The molecule has 0 atom stereocenters. The van der Waals surface area contributed by atoms with Crippen LogP contribution in [0.3, 0.4) is 0 Å². The van der Waals surface area contributed by atoms with E-state index in [2.05, 4.69) is 16.0 Å². The molecule has 0 unspecified atom stereocenters. The first kappa shape index (κ1) is 24.0. The maximum atomic E-state index is 12.0. The molecule has 0 aromatic heterocycles. The van der Waals surface area contributed by atoms with Crippen molar-refractivity contribution in [3.63, 3.8) is 0 Å². The lowest BCUT2D eigenvalue weighted by molar-refractivity contribution is -0.144. The van der Waals surface area contributed by atoms with Crippen molar-refractivity contribution in [3.8, 4) is 0 Å². The number of thiocarbonyl (C=S) groups is 1. The van der Waals surface area contributed by atoms with Gasteiger partial charge in [-0.15, -0.1) is 0 Å². The predicted octanol–water partition coefficient (Wildman–Crippen LogP) is 3.80. The van der Waals surface area contributed by atoms with Crippen LogP contribution in [0.15, 0.2) is 54.6 Å². The van der Waals surface area contributed by atoms with Crippen LogP contribution >= 0.6 is 12.2 Å². The number of rotatable bonds is 10. The zero-order valence-electron chi connectivity index (χ0n) is 17.5. The van der Waals surface area contributed by atoms with E-state index in [-0.39, 0.29) is 36.4 Å². The van der Waals surface area contributed by atoms with Crippen LogP contribution in [0.2, 0.25) is 0 Å². The molecule has 0 saturated carbocycles. The minimum atomic E-state index is -0.425. The Balaban J connectivity index is 1.64. The van der Waals surface area contributed by atoms with E-state index in [1.165, 1.54) is 0 Å². The number of hydrogen-bond acceptors (Lipinski definition) is 5. The van der Waals surface area contributed by atoms with Crippen LogP contribution in [0.4, 0.5) is 11.4 Å². The normalized spacial score (nSPS) is 10.1. The molecule has 0 aliphatic heterocycles. The van der Waals surface area contributed by atoms with Crippen LogP contribution in [0.5, 0.6) is 0 Å². The van der Waals surface area contributed by atoms with Gasteiger partial charge in [-0.05, 0) is 48.5 Å². The summed E-state index contributed by atoms with van der Waals surface area (Å²) in [5, 5.41) is 8.35. The molecule has 0 heterocycles. The molecule has 2 aromatic rings. The van der Waals surface area contributed by atoms with Crippen LogP contribution in [-0.4, -0.2) is 29.5 Å². The maximum absolute atomic E-state index is 12.0. The minimum absolute atomic E-state index is 0.0185. The molecule has 3 N–H and O–H groups in total. The van der Waals surface area contributed by atoms with E-state index < -0.39 is 5.97 Å². The number of amides is 2. The molecule has 7 nitrogen and oxygen atoms in total. The fourth-order valence-corrected chi connectivity index (χ4v) is 2.89. The Morgan fingerprint density at radius 1 is 0.839 bits per heavy atom. The molecule has 2 rings (SSSR count). The van der Waals surface area contributed by atoms with Gasteiger partial charge in [0.05, 0.1) is 13.0 Å². The van der Waals surface area contributed by atoms with Crippen molar-refractivity contribution < 1.29 is 19.1 Å². The molecule has 0 fully saturated rings. The largest absolute Gasteiger partial charge is 0.465 e. The predicted molar refractivity (Wildman–Crippen MR) is 125 cm³/mol. The third-order valence-corrected chi connectivity index (χ3v) is 4.41. The number of carbonyl (C=O) groups excluding carboxylic acids is 3. The smallest absolute Gasteiger partial charge is 0.306 e. The number of esters is 1. The van der Waals surface area contributed by atoms with Crippen LogP contribution in [0.25, 0.3) is 0 Å². The summed E-state index contributed by atoms with van der Waals surface area (Å²) >= 11 is 5.12. The van der Waals surface area contributed by atoms with Gasteiger partial charge in [-0.3, -0.25) is 14.4 Å². The first-order chi connectivity index (χ1) is 15.0. The summed E-state index contributed by atoms with van der Waals surface area (Å²) in [6, 6.07) is 16.7. The van der Waals surface area contributed by atoms with Crippen LogP contribution in [-0.2, 0) is 25.5 Å². The van der Waals surface area contributed by atoms with Gasteiger partial charge < -0.3 is 20.7 Å². The molecule has 0 aliphatic rings. The Hall–Kier alpha value is -3.26. The molecule has 2 aromatic carbocycles. The second-order valence-electron chi connectivity index (χ2n) is 6.83. The highest BCUT2D eigenvalue weighted by atomic mass is 32.1. The van der Waals surface area contributed by atoms with Crippen molar-refractivity contribution in [2.75, 3.05) is 17.2 Å². The Morgan fingerprint density at radius 3 is 2.13 bits per heavy atom. The summed E-state index contributed by atoms with van der Waals surface area (Å²) in [4.78, 5) is 35.4. The van der Waals surface area contributed by atoms with E-state index in [1.54, 1.807) is 24.3 Å². The zero-order valence-corrected chi connectivity index (χ0v) is 18.3. The highest BCUT2D eigenvalue weighted by Crippen LogP contribution is 2.14. The molecule has 31 heavy (non-hydrogen) atoms. The van der Waals surface area contributed by atoms with Crippen molar-refractivity contribution >= 4 is 46.5 Å². The van der Waals surface area contributed by atoms with Gasteiger partial charge in [0.15, 0.2) is 5.11 Å². The summed E-state index contributed by atoms with van der Waals surface area (Å²) in [6.07, 6.45) is 1.85. The lowest BCUT2D eigenvalue weighted by atomic mass is 10.2. The standard InChI is InChI=1S/C23H27N3O4S/c1-2-6-20(27)24-18-9-11-19(12-10-18)25-23(31)26-21(28)13-14-22(29)30-16-15-17-7-4-3-5-8-17/h3-5,7-12H,2,6,13-16H2,1H3,(H,24,27)(H2,25,26,28,31). The van der Waals surface area contributed by atoms with Crippen LogP contribution in [0, 0.1) is 0 Å². The minimum Gasteiger partial charge on any atom is -0.465 e. The van der Waals surface area contributed by atoms with E-state index in [0.29, 0.717) is 24.2 Å². The summed E-state index contributed by atoms with van der Waals surface area (Å²) in [5.41, 5.74) is 2.43. The summed E-state index contributed by atoms with van der Waals surface area (Å²) < 4.78 is 5.15. The summed E-state index contributed by atoms with van der Waals surface area (Å²) in [7, 11) is 0. The molecular weight excluding hydrogens is 414 g/mol. The fraction of sp³-hybridized carbons (Fsp3) is 0.304. The highest BCUT2D eigenvalue weighted by molar-refractivity contribution is 7.80. The monoisotopic (exact) mass is 441 g/mol. The molecule has 0 saturated heterocycles. The van der Waals surface area contributed by atoms with E-state index in [9.17, 15) is 14.4 Å². The van der Waals surface area contributed by atoms with Gasteiger partial charge in [0.2, 0.25) is 11.8 Å². The number of anilines is 2. The van der Waals surface area contributed by atoms with Crippen molar-refractivity contribution in [3.05, 3.63) is 60.2 Å². The number of ether oxygens (including phenoxy) is 1. The number of carbonyl (C=O) groups is 3. The molecule has 0 aliphatic carbocycles. The van der Waals surface area contributed by atoms with Crippen LogP contribution < -0.4 is 16.0 Å². The van der Waals surface area contributed by atoms with E-state index in [1.807, 2.05) is 37.3 Å². The molecular formula is C23H27N3O4S. The van der Waals surface area contributed by atoms with Crippen molar-refractivity contribution in [1.29, 1.82) is 0 Å². The van der Waals surface area contributed by atoms with Crippen LogP contribution in [0.1, 0.15) is 38.2 Å². The summed E-state index contributed by atoms with van der Waals surface area (Å²) in [6.45, 7) is 2.22. The van der Waals surface area contributed by atoms with Crippen molar-refractivity contribution in [1.82, 2.24) is 5.32 Å². The lowest BCUT2D eigenvalue weighted by Gasteiger charge is -2.11. The number of nitrogens with one attached hydrogen (secondary N) is 3. The average molecular weight is 442 g/mol. The van der Waals surface area contributed by atoms with Gasteiger partial charge in [0.1, 0.15) is 0 Å². The molecule has 0 spiro atoms. The second kappa shape index (κ2) is 13.1. The number of hydrogen-bond donors (Lipinski definition) is 3. The SMILES string of the molecule is CCCC(=O)Nc1ccc(NC(=S)NC(=O)CCC(=O)OCCc2ccccc2)cc1. The van der Waals surface area contributed by atoms with Gasteiger partial charge in [0, 0.05) is 30.6 Å². The van der Waals surface area contributed by atoms with E-state index in [0.717, 1.165) is 12.0 Å². The molecule has 164 valence electrons. The van der Waals surface area contributed by atoms with Crippen molar-refractivity contribution in [2.24, 2.45) is 0 Å². The highest BCUT2D eigenvalue weighted by Gasteiger charge is 2.10. The van der Waals surface area contributed by atoms with Gasteiger partial charge in [-0.1, -0.05) is 37.3 Å². The molecule has 0 radical (unpaired) electrons. The molecule has 0 bridgehead atoms. The van der Waals surface area contributed by atoms with E-state index in [4.69, 9.17) is 17.0 Å². The second-order valence-corrected chi connectivity index (χ2v) is 7.24. The maximum Gasteiger partial charge on any atom is 0.306 e. The van der Waals surface area contributed by atoms with E-state index >= 15 is 0 Å². The Labute approximate surface area is 187 Å².